The van der Waals surface area contributed by atoms with Crippen LogP contribution in [0, 0.1) is 12.8 Å². The number of hydrogen-bond acceptors (Lipinski definition) is 7. The Labute approximate surface area is 183 Å². The molecule has 9 nitrogen and oxygen atoms in total. The van der Waals surface area contributed by atoms with E-state index in [9.17, 15) is 13.2 Å². The molecular formula is C21H30N6O3S. The van der Waals surface area contributed by atoms with E-state index in [2.05, 4.69) is 27.0 Å². The van der Waals surface area contributed by atoms with Gasteiger partial charge in [0.15, 0.2) is 9.84 Å². The van der Waals surface area contributed by atoms with Crippen molar-refractivity contribution in [1.82, 2.24) is 25.1 Å². The standard InChI is InChI=1S/C21H30N6O3S/c1-14-5-4-8-27(13-14)21-22-12-18(31(3,29)30)19(24-21)16-6-9-26(10-7-16)20(28)17-11-23-25-15(17)2/h11-12,14,16H,4-10,13H2,1-3H3,(H,23,25). The Morgan fingerprint density at radius 2 is 1.90 bits per heavy atom. The number of rotatable bonds is 4. The summed E-state index contributed by atoms with van der Waals surface area (Å²) in [5.74, 6) is 1.11. The van der Waals surface area contributed by atoms with Gasteiger partial charge in [0.25, 0.3) is 5.91 Å². The predicted molar refractivity (Wildman–Crippen MR) is 117 cm³/mol. The number of piperidine rings is 2. The number of H-pyrrole nitrogens is 1. The van der Waals surface area contributed by atoms with Crippen LogP contribution in [-0.4, -0.2) is 71.8 Å². The molecule has 2 aromatic heterocycles. The van der Waals surface area contributed by atoms with Crippen molar-refractivity contribution in [2.45, 2.75) is 50.3 Å². The Hall–Kier alpha value is -2.49. The number of likely N-dealkylation sites (tertiary alicyclic amines) is 1. The maximum atomic E-state index is 12.8. The molecule has 31 heavy (non-hydrogen) atoms. The molecule has 0 bridgehead atoms. The van der Waals surface area contributed by atoms with Crippen LogP contribution in [-0.2, 0) is 9.84 Å². The minimum atomic E-state index is -3.45. The van der Waals surface area contributed by atoms with Crippen molar-refractivity contribution < 1.29 is 13.2 Å². The molecule has 1 N–H and O–H groups in total. The van der Waals surface area contributed by atoms with E-state index in [1.807, 2.05) is 11.8 Å². The van der Waals surface area contributed by atoms with E-state index >= 15 is 0 Å². The van der Waals surface area contributed by atoms with Crippen LogP contribution in [0.4, 0.5) is 5.95 Å². The van der Waals surface area contributed by atoms with Crippen LogP contribution in [0.1, 0.15) is 60.3 Å². The largest absolute Gasteiger partial charge is 0.341 e. The topological polar surface area (TPSA) is 112 Å². The van der Waals surface area contributed by atoms with Gasteiger partial charge < -0.3 is 9.80 Å². The highest BCUT2D eigenvalue weighted by Gasteiger charge is 2.31. The molecule has 0 saturated carbocycles. The fourth-order valence-electron chi connectivity index (χ4n) is 4.57. The smallest absolute Gasteiger partial charge is 0.257 e. The fraction of sp³-hybridized carbons (Fsp3) is 0.619. The van der Waals surface area contributed by atoms with E-state index in [-0.39, 0.29) is 16.7 Å². The Balaban J connectivity index is 1.56. The van der Waals surface area contributed by atoms with Crippen LogP contribution >= 0.6 is 0 Å². The second kappa shape index (κ2) is 8.57. The lowest BCUT2D eigenvalue weighted by Crippen LogP contribution is -2.39. The third-order valence-electron chi connectivity index (χ3n) is 6.34. The van der Waals surface area contributed by atoms with Gasteiger partial charge in [-0.2, -0.15) is 5.10 Å². The van der Waals surface area contributed by atoms with Gasteiger partial charge in [-0.05, 0) is 38.5 Å². The molecule has 4 heterocycles. The third-order valence-corrected chi connectivity index (χ3v) is 7.45. The SMILES string of the molecule is Cc1[nH]ncc1C(=O)N1CCC(c2nc(N3CCCC(C)C3)ncc2S(C)(=O)=O)CC1. The van der Waals surface area contributed by atoms with Crippen LogP contribution in [0.3, 0.4) is 0 Å². The summed E-state index contributed by atoms with van der Waals surface area (Å²) in [5.41, 5.74) is 1.93. The molecule has 0 radical (unpaired) electrons. The van der Waals surface area contributed by atoms with Crippen molar-refractivity contribution in [1.29, 1.82) is 0 Å². The number of carbonyl (C=O) groups is 1. The molecule has 0 aliphatic carbocycles. The lowest BCUT2D eigenvalue weighted by atomic mass is 9.93. The number of nitrogens with zero attached hydrogens (tertiary/aromatic N) is 5. The third kappa shape index (κ3) is 4.58. The molecule has 168 valence electrons. The van der Waals surface area contributed by atoms with Gasteiger partial charge in [-0.25, -0.2) is 18.4 Å². The molecule has 2 fully saturated rings. The number of hydrogen-bond donors (Lipinski definition) is 1. The summed E-state index contributed by atoms with van der Waals surface area (Å²) in [7, 11) is -3.45. The molecule has 2 saturated heterocycles. The number of aromatic amines is 1. The number of nitrogens with one attached hydrogen (secondary N) is 1. The highest BCUT2D eigenvalue weighted by molar-refractivity contribution is 7.90. The molecule has 0 spiro atoms. The van der Waals surface area contributed by atoms with Crippen LogP contribution < -0.4 is 4.90 Å². The summed E-state index contributed by atoms with van der Waals surface area (Å²) in [6.45, 7) is 6.92. The van der Waals surface area contributed by atoms with Gasteiger partial charge in [0, 0.05) is 44.0 Å². The van der Waals surface area contributed by atoms with Crippen molar-refractivity contribution in [3.63, 3.8) is 0 Å². The Kier molecular flexibility index (Phi) is 6.00. The van der Waals surface area contributed by atoms with E-state index in [0.717, 1.165) is 25.2 Å². The van der Waals surface area contributed by atoms with Crippen molar-refractivity contribution in [2.24, 2.45) is 5.92 Å². The van der Waals surface area contributed by atoms with Crippen LogP contribution in [0.5, 0.6) is 0 Å². The minimum Gasteiger partial charge on any atom is -0.341 e. The van der Waals surface area contributed by atoms with Crippen molar-refractivity contribution in [3.05, 3.63) is 29.3 Å². The molecule has 2 aromatic rings. The van der Waals surface area contributed by atoms with Gasteiger partial charge in [0.1, 0.15) is 4.90 Å². The molecule has 2 aliphatic heterocycles. The highest BCUT2D eigenvalue weighted by atomic mass is 32.2. The molecule has 4 rings (SSSR count). The van der Waals surface area contributed by atoms with Gasteiger partial charge in [-0.15, -0.1) is 0 Å². The van der Waals surface area contributed by atoms with Crippen LogP contribution in [0.15, 0.2) is 17.3 Å². The van der Waals surface area contributed by atoms with Crippen LogP contribution in [0.25, 0.3) is 0 Å². The first-order valence-electron chi connectivity index (χ1n) is 10.8. The average molecular weight is 447 g/mol. The van der Waals surface area contributed by atoms with Gasteiger partial charge in [0.05, 0.1) is 23.7 Å². The summed E-state index contributed by atoms with van der Waals surface area (Å²) in [6, 6.07) is 0. The van der Waals surface area contributed by atoms with E-state index < -0.39 is 9.84 Å². The first-order chi connectivity index (χ1) is 14.7. The van der Waals surface area contributed by atoms with E-state index in [4.69, 9.17) is 4.98 Å². The second-order valence-electron chi connectivity index (χ2n) is 8.86. The van der Waals surface area contributed by atoms with E-state index in [1.54, 1.807) is 6.20 Å². The van der Waals surface area contributed by atoms with Crippen molar-refractivity contribution in [2.75, 3.05) is 37.3 Å². The maximum absolute atomic E-state index is 12.8. The monoisotopic (exact) mass is 446 g/mol. The Bertz CT molecular complexity index is 1060. The first kappa shape index (κ1) is 21.7. The molecular weight excluding hydrogens is 416 g/mol. The summed E-state index contributed by atoms with van der Waals surface area (Å²) in [4.78, 5) is 26.1. The fourth-order valence-corrected chi connectivity index (χ4v) is 5.40. The van der Waals surface area contributed by atoms with Crippen molar-refractivity contribution >= 4 is 21.7 Å². The zero-order valence-corrected chi connectivity index (χ0v) is 19.2. The van der Waals surface area contributed by atoms with Crippen molar-refractivity contribution in [3.8, 4) is 0 Å². The van der Waals surface area contributed by atoms with Gasteiger partial charge in [0.2, 0.25) is 5.95 Å². The number of sulfone groups is 1. The Morgan fingerprint density at radius 1 is 1.16 bits per heavy atom. The second-order valence-corrected chi connectivity index (χ2v) is 10.8. The first-order valence-corrected chi connectivity index (χ1v) is 12.7. The molecule has 1 atom stereocenters. The normalized spacial score (nSPS) is 20.8. The molecule has 10 heteroatoms. The van der Waals surface area contributed by atoms with Gasteiger partial charge >= 0.3 is 0 Å². The molecule has 2 aliphatic rings. The molecule has 0 aromatic carbocycles. The van der Waals surface area contributed by atoms with E-state index in [0.29, 0.717) is 49.1 Å². The summed E-state index contributed by atoms with van der Waals surface area (Å²) in [6.07, 6.45) is 7.84. The Morgan fingerprint density at radius 3 is 2.52 bits per heavy atom. The molecule has 1 unspecified atom stereocenters. The van der Waals surface area contributed by atoms with Gasteiger partial charge in [-0.1, -0.05) is 6.92 Å². The lowest BCUT2D eigenvalue weighted by molar-refractivity contribution is 0.0710. The summed E-state index contributed by atoms with van der Waals surface area (Å²) >= 11 is 0. The summed E-state index contributed by atoms with van der Waals surface area (Å²) < 4.78 is 24.9. The van der Waals surface area contributed by atoms with E-state index in [1.165, 1.54) is 18.9 Å². The highest BCUT2D eigenvalue weighted by Crippen LogP contribution is 2.33. The van der Waals surface area contributed by atoms with Crippen LogP contribution in [0.2, 0.25) is 0 Å². The number of aromatic nitrogens is 4. The van der Waals surface area contributed by atoms with Gasteiger partial charge in [-0.3, -0.25) is 9.89 Å². The maximum Gasteiger partial charge on any atom is 0.257 e. The minimum absolute atomic E-state index is 0.0248. The quantitative estimate of drug-likeness (QED) is 0.766. The predicted octanol–water partition coefficient (Wildman–Crippen LogP) is 2.17. The molecule has 1 amide bonds. The number of aryl methyl sites for hydroxylation is 1. The zero-order chi connectivity index (χ0) is 22.2. The number of anilines is 1. The lowest BCUT2D eigenvalue weighted by Gasteiger charge is -2.34. The number of carbonyl (C=O) groups excluding carboxylic acids is 1. The average Bonchev–Trinajstić information content (AvgIpc) is 3.18. The number of amides is 1. The zero-order valence-electron chi connectivity index (χ0n) is 18.3. The summed E-state index contributed by atoms with van der Waals surface area (Å²) in [5, 5.41) is 6.74.